The first-order chi connectivity index (χ1) is 9.44. The Morgan fingerprint density at radius 1 is 1.25 bits per heavy atom. The summed E-state index contributed by atoms with van der Waals surface area (Å²) in [7, 11) is 0. The monoisotopic (exact) mass is 322 g/mol. The molecule has 0 saturated heterocycles. The van der Waals surface area contributed by atoms with E-state index in [0.717, 1.165) is 12.8 Å². The number of hydrogen-bond donors (Lipinski definition) is 3. The molecule has 0 aliphatic rings. The predicted octanol–water partition coefficient (Wildman–Crippen LogP) is 2.41. The Balaban J connectivity index is 4.35. The lowest BCUT2D eigenvalue weighted by atomic mass is 10.0. The van der Waals surface area contributed by atoms with E-state index in [9.17, 15) is 9.59 Å². The molecule has 0 aliphatic carbocycles. The van der Waals surface area contributed by atoms with Crippen molar-refractivity contribution in [3.63, 3.8) is 0 Å². The third-order valence-corrected chi connectivity index (χ3v) is 5.74. The highest BCUT2D eigenvalue weighted by Crippen LogP contribution is 2.29. The van der Waals surface area contributed by atoms with Gasteiger partial charge in [0, 0.05) is 11.3 Å². The number of hydrogen-bond acceptors (Lipinski definition) is 4. The summed E-state index contributed by atoms with van der Waals surface area (Å²) in [5.74, 6) is -0.285. The molecule has 0 radical (unpaired) electrons. The first-order valence-corrected chi connectivity index (χ1v) is 9.37. The van der Waals surface area contributed by atoms with E-state index >= 15 is 0 Å². The van der Waals surface area contributed by atoms with Gasteiger partial charge in [0.05, 0.1) is 0 Å². The molecule has 0 fully saturated rings. The van der Waals surface area contributed by atoms with Gasteiger partial charge in [-0.2, -0.15) is 23.5 Å². The van der Waals surface area contributed by atoms with Gasteiger partial charge >= 0.3 is 12.0 Å². The first-order valence-electron chi connectivity index (χ1n) is 6.76. The van der Waals surface area contributed by atoms with Crippen molar-refractivity contribution in [3.8, 4) is 0 Å². The van der Waals surface area contributed by atoms with Gasteiger partial charge in [-0.3, -0.25) is 0 Å². The van der Waals surface area contributed by atoms with Crippen LogP contribution in [0, 0.1) is 0 Å². The van der Waals surface area contributed by atoms with Crippen molar-refractivity contribution in [2.75, 3.05) is 24.8 Å². The molecule has 118 valence electrons. The molecule has 1 atom stereocenters. The predicted molar refractivity (Wildman–Crippen MR) is 87.8 cm³/mol. The summed E-state index contributed by atoms with van der Waals surface area (Å²) in [5.41, 5.74) is 0. The molecule has 0 saturated carbocycles. The fraction of sp³-hybridized carbons (Fsp3) is 0.846. The Morgan fingerprint density at radius 3 is 2.25 bits per heavy atom. The summed E-state index contributed by atoms with van der Waals surface area (Å²) in [6.45, 7) is 4.73. The Labute approximate surface area is 130 Å². The third kappa shape index (κ3) is 6.74. The van der Waals surface area contributed by atoms with E-state index in [0.29, 0.717) is 18.7 Å². The number of carbonyl (C=O) groups excluding carboxylic acids is 1. The normalized spacial score (nSPS) is 12.8. The molecule has 0 heterocycles. The molecule has 0 aromatic carbocycles. The van der Waals surface area contributed by atoms with Crippen LogP contribution in [0.15, 0.2) is 0 Å². The Hall–Kier alpha value is -0.560. The lowest BCUT2D eigenvalue weighted by Gasteiger charge is -2.30. The van der Waals surface area contributed by atoms with Crippen molar-refractivity contribution in [2.45, 2.75) is 43.9 Å². The van der Waals surface area contributed by atoms with Crippen molar-refractivity contribution in [1.29, 1.82) is 0 Å². The van der Waals surface area contributed by atoms with Gasteiger partial charge in [0.1, 0.15) is 6.04 Å². The highest BCUT2D eigenvalue weighted by Gasteiger charge is 2.26. The van der Waals surface area contributed by atoms with Crippen molar-refractivity contribution in [1.82, 2.24) is 10.6 Å². The minimum atomic E-state index is -0.990. The smallest absolute Gasteiger partial charge is 0.326 e. The zero-order chi connectivity index (χ0) is 15.6. The second-order valence-electron chi connectivity index (χ2n) is 4.59. The van der Waals surface area contributed by atoms with Crippen LogP contribution >= 0.6 is 23.5 Å². The van der Waals surface area contributed by atoms with E-state index < -0.39 is 18.0 Å². The molecule has 3 N–H and O–H groups in total. The van der Waals surface area contributed by atoms with Crippen molar-refractivity contribution in [2.24, 2.45) is 0 Å². The van der Waals surface area contributed by atoms with Crippen LogP contribution in [-0.4, -0.2) is 52.7 Å². The molecule has 5 nitrogen and oxygen atoms in total. The van der Waals surface area contributed by atoms with Gasteiger partial charge in [-0.25, -0.2) is 9.59 Å². The van der Waals surface area contributed by atoms with Gasteiger partial charge in [-0.05, 0) is 37.5 Å². The molecule has 0 unspecified atom stereocenters. The van der Waals surface area contributed by atoms with Gasteiger partial charge in [-0.1, -0.05) is 13.8 Å². The van der Waals surface area contributed by atoms with Crippen LogP contribution in [0.1, 0.15) is 33.1 Å². The number of rotatable bonds is 10. The van der Waals surface area contributed by atoms with Gasteiger partial charge < -0.3 is 15.7 Å². The lowest BCUT2D eigenvalue weighted by Crippen LogP contribution is -2.49. The number of thioether (sulfide) groups is 2. The molecule has 0 bridgehead atoms. The standard InChI is InChI=1S/C13H26N2O3S2/c1-5-13(6-2,20-4)9-14-12(18)15-10(11(16)17)7-8-19-3/h10H,5-9H2,1-4H3,(H,16,17)(H2,14,15,18)/t10-/m1/s1. The maximum atomic E-state index is 11.8. The summed E-state index contributed by atoms with van der Waals surface area (Å²) in [6.07, 6.45) is 6.29. The minimum Gasteiger partial charge on any atom is -0.480 e. The molecule has 0 rings (SSSR count). The summed E-state index contributed by atoms with van der Waals surface area (Å²) in [5, 5.41) is 14.4. The van der Waals surface area contributed by atoms with E-state index in [1.165, 1.54) is 0 Å². The summed E-state index contributed by atoms with van der Waals surface area (Å²) < 4.78 is 0.0231. The van der Waals surface area contributed by atoms with Gasteiger partial charge in [0.25, 0.3) is 0 Å². The lowest BCUT2D eigenvalue weighted by molar-refractivity contribution is -0.139. The van der Waals surface area contributed by atoms with Gasteiger partial charge in [-0.15, -0.1) is 0 Å². The SMILES string of the molecule is CCC(CC)(CNC(=O)N[C@H](CCSC)C(=O)O)SC. The van der Waals surface area contributed by atoms with Crippen LogP contribution in [0.5, 0.6) is 0 Å². The summed E-state index contributed by atoms with van der Waals surface area (Å²) in [4.78, 5) is 22.9. The first kappa shape index (κ1) is 19.4. The van der Waals surface area contributed by atoms with Crippen LogP contribution in [0.2, 0.25) is 0 Å². The van der Waals surface area contributed by atoms with E-state index in [4.69, 9.17) is 5.11 Å². The number of carbonyl (C=O) groups is 2. The molecule has 0 aromatic heterocycles. The largest absolute Gasteiger partial charge is 0.480 e. The molecule has 0 aromatic rings. The van der Waals surface area contributed by atoms with Crippen molar-refractivity contribution >= 4 is 35.5 Å². The fourth-order valence-corrected chi connectivity index (χ4v) is 3.07. The highest BCUT2D eigenvalue weighted by atomic mass is 32.2. The molecule has 7 heteroatoms. The number of nitrogens with one attached hydrogen (secondary N) is 2. The minimum absolute atomic E-state index is 0.0231. The zero-order valence-corrected chi connectivity index (χ0v) is 14.3. The zero-order valence-electron chi connectivity index (χ0n) is 12.7. The van der Waals surface area contributed by atoms with Crippen molar-refractivity contribution < 1.29 is 14.7 Å². The van der Waals surface area contributed by atoms with Crippen LogP contribution in [-0.2, 0) is 4.79 Å². The molecule has 0 aliphatic heterocycles. The van der Waals surface area contributed by atoms with E-state index in [2.05, 4.69) is 24.5 Å². The molecular formula is C13H26N2O3S2. The van der Waals surface area contributed by atoms with E-state index in [1.807, 2.05) is 12.5 Å². The maximum absolute atomic E-state index is 11.8. The van der Waals surface area contributed by atoms with Crippen LogP contribution in [0.3, 0.4) is 0 Å². The Morgan fingerprint density at radius 2 is 1.85 bits per heavy atom. The quantitative estimate of drug-likeness (QED) is 0.576. The number of aliphatic carboxylic acids is 1. The van der Waals surface area contributed by atoms with E-state index in [-0.39, 0.29) is 4.75 Å². The maximum Gasteiger partial charge on any atom is 0.326 e. The average Bonchev–Trinajstić information content (AvgIpc) is 2.45. The van der Waals surface area contributed by atoms with E-state index in [1.54, 1.807) is 23.5 Å². The Kier molecular flexibility index (Phi) is 9.92. The van der Waals surface area contributed by atoms with Crippen LogP contribution < -0.4 is 10.6 Å². The second kappa shape index (κ2) is 10.2. The summed E-state index contributed by atoms with van der Waals surface area (Å²) in [6, 6.07) is -1.23. The molecular weight excluding hydrogens is 296 g/mol. The van der Waals surface area contributed by atoms with Gasteiger partial charge in [0.2, 0.25) is 0 Å². The van der Waals surface area contributed by atoms with Gasteiger partial charge in [0.15, 0.2) is 0 Å². The molecule has 0 spiro atoms. The fourth-order valence-electron chi connectivity index (χ4n) is 1.80. The highest BCUT2D eigenvalue weighted by molar-refractivity contribution is 8.00. The number of urea groups is 1. The van der Waals surface area contributed by atoms with Crippen LogP contribution in [0.4, 0.5) is 4.79 Å². The number of amides is 2. The number of carboxylic acid groups (broad SMARTS) is 1. The average molecular weight is 322 g/mol. The number of carboxylic acids is 1. The third-order valence-electron chi connectivity index (χ3n) is 3.51. The topological polar surface area (TPSA) is 78.4 Å². The Bertz CT molecular complexity index is 302. The summed E-state index contributed by atoms with van der Waals surface area (Å²) >= 11 is 3.30. The molecule has 20 heavy (non-hydrogen) atoms. The second-order valence-corrected chi connectivity index (χ2v) is 6.85. The van der Waals surface area contributed by atoms with Crippen LogP contribution in [0.25, 0.3) is 0 Å². The molecule has 2 amide bonds. The van der Waals surface area contributed by atoms with Crippen molar-refractivity contribution in [3.05, 3.63) is 0 Å².